The third-order valence-electron chi connectivity index (χ3n) is 2.70. The van der Waals surface area contributed by atoms with Crippen LogP contribution in [0.4, 0.5) is 0 Å². The van der Waals surface area contributed by atoms with E-state index in [4.69, 9.17) is 9.84 Å². The Morgan fingerprint density at radius 1 is 1.50 bits per heavy atom. The van der Waals surface area contributed by atoms with Gasteiger partial charge in [-0.2, -0.15) is 0 Å². The van der Waals surface area contributed by atoms with Crippen LogP contribution in [-0.2, 0) is 14.3 Å². The Morgan fingerprint density at radius 2 is 2.25 bits per heavy atom. The molecule has 0 radical (unpaired) electrons. The van der Waals surface area contributed by atoms with E-state index in [0.717, 1.165) is 12.8 Å². The van der Waals surface area contributed by atoms with Crippen molar-refractivity contribution in [3.05, 3.63) is 0 Å². The maximum absolute atomic E-state index is 11.6. The first kappa shape index (κ1) is 13.0. The van der Waals surface area contributed by atoms with Crippen molar-refractivity contribution in [2.24, 2.45) is 5.92 Å². The second-order valence-corrected chi connectivity index (χ2v) is 4.07. The van der Waals surface area contributed by atoms with E-state index in [1.165, 1.54) is 0 Å². The molecule has 1 rings (SSSR count). The summed E-state index contributed by atoms with van der Waals surface area (Å²) in [5.74, 6) is -1.32. The fourth-order valence-electron chi connectivity index (χ4n) is 1.80. The number of carboxylic acids is 1. The predicted molar refractivity (Wildman–Crippen MR) is 58.0 cm³/mol. The van der Waals surface area contributed by atoms with E-state index in [0.29, 0.717) is 26.1 Å². The average Bonchev–Trinajstić information content (AvgIpc) is 2.29. The van der Waals surface area contributed by atoms with Gasteiger partial charge in [-0.05, 0) is 19.3 Å². The summed E-state index contributed by atoms with van der Waals surface area (Å²) in [5, 5.41) is 8.88. The van der Waals surface area contributed by atoms with Crippen molar-refractivity contribution in [3.63, 3.8) is 0 Å². The zero-order valence-electron chi connectivity index (χ0n) is 9.65. The van der Waals surface area contributed by atoms with E-state index in [1.54, 1.807) is 4.90 Å². The number of carbonyl (C=O) groups is 2. The zero-order valence-corrected chi connectivity index (χ0v) is 9.65. The number of aliphatic carboxylic acids is 1. The van der Waals surface area contributed by atoms with E-state index >= 15 is 0 Å². The van der Waals surface area contributed by atoms with Gasteiger partial charge in [-0.1, -0.05) is 6.92 Å². The quantitative estimate of drug-likeness (QED) is 0.706. The van der Waals surface area contributed by atoms with E-state index in [9.17, 15) is 9.59 Å². The SMILES string of the molecule is CCCOCC(=O)N1CCC[C@@H](C(=O)O)C1. The largest absolute Gasteiger partial charge is 0.481 e. The molecule has 1 saturated heterocycles. The Morgan fingerprint density at radius 3 is 2.88 bits per heavy atom. The van der Waals surface area contributed by atoms with Crippen LogP contribution in [0.3, 0.4) is 0 Å². The first-order valence-electron chi connectivity index (χ1n) is 5.73. The van der Waals surface area contributed by atoms with Gasteiger partial charge in [0.05, 0.1) is 5.92 Å². The van der Waals surface area contributed by atoms with Gasteiger partial charge in [0.25, 0.3) is 0 Å². The Kier molecular flexibility index (Phi) is 5.25. The molecule has 1 fully saturated rings. The summed E-state index contributed by atoms with van der Waals surface area (Å²) in [6.07, 6.45) is 2.30. The molecule has 16 heavy (non-hydrogen) atoms. The third-order valence-corrected chi connectivity index (χ3v) is 2.70. The van der Waals surface area contributed by atoms with Crippen LogP contribution in [-0.4, -0.2) is 48.2 Å². The van der Waals surface area contributed by atoms with Crippen molar-refractivity contribution >= 4 is 11.9 Å². The van der Waals surface area contributed by atoms with Crippen LogP contribution in [0.15, 0.2) is 0 Å². The van der Waals surface area contributed by atoms with Crippen LogP contribution < -0.4 is 0 Å². The van der Waals surface area contributed by atoms with Gasteiger partial charge in [0.1, 0.15) is 6.61 Å². The number of carboxylic acid groups (broad SMARTS) is 1. The molecule has 0 spiro atoms. The fraction of sp³-hybridized carbons (Fsp3) is 0.818. The van der Waals surface area contributed by atoms with Gasteiger partial charge in [-0.15, -0.1) is 0 Å². The highest BCUT2D eigenvalue weighted by Gasteiger charge is 2.27. The lowest BCUT2D eigenvalue weighted by molar-refractivity contribution is -0.147. The molecular weight excluding hydrogens is 210 g/mol. The number of carbonyl (C=O) groups excluding carboxylic acids is 1. The zero-order chi connectivity index (χ0) is 12.0. The average molecular weight is 229 g/mol. The normalized spacial score (nSPS) is 20.8. The number of likely N-dealkylation sites (tertiary alicyclic amines) is 1. The Hall–Kier alpha value is -1.10. The van der Waals surface area contributed by atoms with Crippen molar-refractivity contribution < 1.29 is 19.4 Å². The Balaban J connectivity index is 2.35. The van der Waals surface area contributed by atoms with E-state index in [-0.39, 0.29) is 12.5 Å². The van der Waals surface area contributed by atoms with Gasteiger partial charge in [-0.3, -0.25) is 9.59 Å². The monoisotopic (exact) mass is 229 g/mol. The molecule has 5 nitrogen and oxygen atoms in total. The van der Waals surface area contributed by atoms with Crippen LogP contribution in [0.25, 0.3) is 0 Å². The lowest BCUT2D eigenvalue weighted by Crippen LogP contribution is -2.43. The molecule has 0 aromatic carbocycles. The number of piperidine rings is 1. The molecule has 1 amide bonds. The first-order valence-corrected chi connectivity index (χ1v) is 5.73. The number of nitrogens with zero attached hydrogens (tertiary/aromatic N) is 1. The minimum absolute atomic E-state index is 0.0696. The number of hydrogen-bond donors (Lipinski definition) is 1. The molecule has 1 N–H and O–H groups in total. The molecular formula is C11H19NO4. The smallest absolute Gasteiger partial charge is 0.308 e. The van der Waals surface area contributed by atoms with Crippen LogP contribution in [0.5, 0.6) is 0 Å². The highest BCUT2D eigenvalue weighted by molar-refractivity contribution is 5.79. The number of ether oxygens (including phenoxy) is 1. The highest BCUT2D eigenvalue weighted by Crippen LogP contribution is 2.16. The van der Waals surface area contributed by atoms with Gasteiger partial charge < -0.3 is 14.7 Å². The van der Waals surface area contributed by atoms with Crippen LogP contribution in [0, 0.1) is 5.92 Å². The molecule has 0 unspecified atom stereocenters. The highest BCUT2D eigenvalue weighted by atomic mass is 16.5. The van der Waals surface area contributed by atoms with Gasteiger partial charge >= 0.3 is 5.97 Å². The summed E-state index contributed by atoms with van der Waals surface area (Å²) in [7, 11) is 0. The van der Waals surface area contributed by atoms with Crippen molar-refractivity contribution in [1.29, 1.82) is 0 Å². The number of amides is 1. The van der Waals surface area contributed by atoms with Crippen LogP contribution in [0.2, 0.25) is 0 Å². The molecule has 0 aromatic heterocycles. The van der Waals surface area contributed by atoms with Crippen molar-refractivity contribution in [2.75, 3.05) is 26.3 Å². The molecule has 0 saturated carbocycles. The summed E-state index contributed by atoms with van der Waals surface area (Å²) in [5.41, 5.74) is 0. The molecule has 1 atom stereocenters. The Bertz CT molecular complexity index is 254. The molecule has 5 heteroatoms. The van der Waals surface area contributed by atoms with Crippen LogP contribution in [0.1, 0.15) is 26.2 Å². The molecule has 0 aliphatic carbocycles. The summed E-state index contributed by atoms with van der Waals surface area (Å²) in [6, 6.07) is 0. The maximum atomic E-state index is 11.6. The summed E-state index contributed by atoms with van der Waals surface area (Å²) >= 11 is 0. The minimum atomic E-state index is -0.813. The number of hydrogen-bond acceptors (Lipinski definition) is 3. The van der Waals surface area contributed by atoms with Gasteiger partial charge in [-0.25, -0.2) is 0 Å². The molecule has 92 valence electrons. The molecule has 1 aliphatic heterocycles. The van der Waals surface area contributed by atoms with E-state index in [2.05, 4.69) is 0 Å². The fourth-order valence-corrected chi connectivity index (χ4v) is 1.80. The second kappa shape index (κ2) is 6.48. The van der Waals surface area contributed by atoms with Crippen LogP contribution >= 0.6 is 0 Å². The lowest BCUT2D eigenvalue weighted by atomic mass is 9.98. The third kappa shape index (κ3) is 3.81. The van der Waals surface area contributed by atoms with Gasteiger partial charge in [0, 0.05) is 19.7 Å². The summed E-state index contributed by atoms with van der Waals surface area (Å²) < 4.78 is 5.15. The standard InChI is InChI=1S/C11H19NO4/c1-2-6-16-8-10(13)12-5-3-4-9(7-12)11(14)15/h9H,2-8H2,1H3,(H,14,15)/t9-/m1/s1. The number of rotatable bonds is 5. The second-order valence-electron chi connectivity index (χ2n) is 4.07. The first-order chi connectivity index (χ1) is 7.65. The summed E-state index contributed by atoms with van der Waals surface area (Å²) in [6.45, 7) is 3.59. The summed E-state index contributed by atoms with van der Waals surface area (Å²) in [4.78, 5) is 24.1. The lowest BCUT2D eigenvalue weighted by Gasteiger charge is -2.30. The molecule has 1 aliphatic rings. The molecule has 0 aromatic rings. The Labute approximate surface area is 95.4 Å². The van der Waals surface area contributed by atoms with E-state index in [1.807, 2.05) is 6.92 Å². The van der Waals surface area contributed by atoms with Crippen molar-refractivity contribution in [3.8, 4) is 0 Å². The van der Waals surface area contributed by atoms with Crippen molar-refractivity contribution in [1.82, 2.24) is 4.90 Å². The minimum Gasteiger partial charge on any atom is -0.481 e. The molecule has 0 bridgehead atoms. The topological polar surface area (TPSA) is 66.8 Å². The van der Waals surface area contributed by atoms with Gasteiger partial charge in [0.15, 0.2) is 0 Å². The van der Waals surface area contributed by atoms with E-state index < -0.39 is 11.9 Å². The predicted octanol–water partition coefficient (Wildman–Crippen LogP) is 0.736. The van der Waals surface area contributed by atoms with Gasteiger partial charge in [0.2, 0.25) is 5.91 Å². The van der Waals surface area contributed by atoms with Crippen molar-refractivity contribution in [2.45, 2.75) is 26.2 Å². The molecule has 1 heterocycles. The maximum Gasteiger partial charge on any atom is 0.308 e.